The lowest BCUT2D eigenvalue weighted by molar-refractivity contribution is -0.141. The van der Waals surface area contributed by atoms with Crippen LogP contribution in [0.4, 0.5) is 5.82 Å². The van der Waals surface area contributed by atoms with Gasteiger partial charge in [-0.05, 0) is 26.0 Å². The first-order valence-corrected chi connectivity index (χ1v) is 6.23. The number of nitrogens with zero attached hydrogens (tertiary/aromatic N) is 4. The maximum Gasteiger partial charge on any atom is 0.325 e. The van der Waals surface area contributed by atoms with Crippen LogP contribution >= 0.6 is 0 Å². The van der Waals surface area contributed by atoms with Crippen molar-refractivity contribution < 1.29 is 9.53 Å². The van der Waals surface area contributed by atoms with Crippen LogP contribution in [-0.4, -0.2) is 40.6 Å². The van der Waals surface area contributed by atoms with Gasteiger partial charge >= 0.3 is 5.97 Å². The van der Waals surface area contributed by atoms with Gasteiger partial charge in [0.05, 0.1) is 6.61 Å². The highest BCUT2D eigenvalue weighted by Gasteiger charge is 2.12. The molecule has 6 heteroatoms. The van der Waals surface area contributed by atoms with E-state index in [0.717, 1.165) is 5.52 Å². The van der Waals surface area contributed by atoms with Gasteiger partial charge in [0, 0.05) is 18.9 Å². The summed E-state index contributed by atoms with van der Waals surface area (Å²) in [6, 6.07) is 3.68. The van der Waals surface area contributed by atoms with E-state index in [1.165, 1.54) is 0 Å². The molecule has 0 radical (unpaired) electrons. The molecular weight excluding hydrogens is 244 g/mol. The van der Waals surface area contributed by atoms with Crippen molar-refractivity contribution in [3.8, 4) is 0 Å². The van der Waals surface area contributed by atoms with E-state index in [2.05, 4.69) is 15.0 Å². The van der Waals surface area contributed by atoms with Crippen LogP contribution in [0.2, 0.25) is 0 Å². The molecular formula is C13H16N4O2. The molecule has 0 unspecified atom stereocenters. The monoisotopic (exact) mass is 260 g/mol. The Labute approximate surface area is 111 Å². The quantitative estimate of drug-likeness (QED) is 0.757. The van der Waals surface area contributed by atoms with E-state index in [1.54, 1.807) is 19.3 Å². The van der Waals surface area contributed by atoms with Gasteiger partial charge < -0.3 is 9.64 Å². The van der Waals surface area contributed by atoms with E-state index in [1.807, 2.05) is 24.0 Å². The third-order valence-corrected chi connectivity index (χ3v) is 2.65. The van der Waals surface area contributed by atoms with Crippen LogP contribution in [0.5, 0.6) is 0 Å². The summed E-state index contributed by atoms with van der Waals surface area (Å²) in [5, 5.41) is 0. The van der Waals surface area contributed by atoms with Crippen molar-refractivity contribution >= 4 is 23.0 Å². The molecule has 19 heavy (non-hydrogen) atoms. The third-order valence-electron chi connectivity index (χ3n) is 2.65. The minimum Gasteiger partial charge on any atom is -0.465 e. The first kappa shape index (κ1) is 13.2. The lowest BCUT2D eigenvalue weighted by Gasteiger charge is -2.20. The number of anilines is 1. The van der Waals surface area contributed by atoms with Gasteiger partial charge in [0.25, 0.3) is 0 Å². The predicted molar refractivity (Wildman–Crippen MR) is 71.9 cm³/mol. The van der Waals surface area contributed by atoms with E-state index in [0.29, 0.717) is 24.6 Å². The molecule has 2 aromatic heterocycles. The maximum absolute atomic E-state index is 11.5. The van der Waals surface area contributed by atoms with Crippen molar-refractivity contribution in [3.05, 3.63) is 24.5 Å². The van der Waals surface area contributed by atoms with Gasteiger partial charge in [0.2, 0.25) is 0 Å². The Hall–Kier alpha value is -2.24. The summed E-state index contributed by atoms with van der Waals surface area (Å²) in [6.07, 6.45) is 3.22. The molecule has 6 nitrogen and oxygen atoms in total. The minimum atomic E-state index is -0.259. The first-order chi connectivity index (χ1) is 9.24. The van der Waals surface area contributed by atoms with Crippen LogP contribution in [0, 0.1) is 0 Å². The highest BCUT2D eigenvalue weighted by atomic mass is 16.5. The largest absolute Gasteiger partial charge is 0.465 e. The first-order valence-electron chi connectivity index (χ1n) is 6.23. The van der Waals surface area contributed by atoms with Crippen LogP contribution in [0.3, 0.4) is 0 Å². The van der Waals surface area contributed by atoms with Gasteiger partial charge in [-0.15, -0.1) is 0 Å². The molecule has 0 saturated carbocycles. The van der Waals surface area contributed by atoms with E-state index >= 15 is 0 Å². The second kappa shape index (κ2) is 6.08. The number of esters is 1. The summed E-state index contributed by atoms with van der Waals surface area (Å²) in [5.74, 6) is 0.439. The Morgan fingerprint density at radius 1 is 1.26 bits per heavy atom. The smallest absolute Gasteiger partial charge is 0.325 e. The van der Waals surface area contributed by atoms with Gasteiger partial charge in [-0.3, -0.25) is 9.78 Å². The van der Waals surface area contributed by atoms with E-state index in [9.17, 15) is 4.79 Å². The van der Waals surface area contributed by atoms with Gasteiger partial charge in [0.1, 0.15) is 17.9 Å². The van der Waals surface area contributed by atoms with Crippen LogP contribution in [0.1, 0.15) is 13.8 Å². The zero-order valence-electron chi connectivity index (χ0n) is 11.0. The Kier molecular flexibility index (Phi) is 4.22. The molecule has 0 aliphatic rings. The Balaban J connectivity index is 2.22. The summed E-state index contributed by atoms with van der Waals surface area (Å²) in [5.41, 5.74) is 1.31. The molecule has 0 N–H and O–H groups in total. The molecule has 2 rings (SSSR count). The van der Waals surface area contributed by atoms with Crippen molar-refractivity contribution in [3.63, 3.8) is 0 Å². The predicted octanol–water partition coefficient (Wildman–Crippen LogP) is 1.41. The normalized spacial score (nSPS) is 10.4. The molecule has 0 aromatic carbocycles. The minimum absolute atomic E-state index is 0.184. The second-order valence-electron chi connectivity index (χ2n) is 3.89. The summed E-state index contributed by atoms with van der Waals surface area (Å²) in [4.78, 5) is 26.1. The number of hydrogen-bond donors (Lipinski definition) is 0. The van der Waals surface area contributed by atoms with Crippen LogP contribution < -0.4 is 4.90 Å². The summed E-state index contributed by atoms with van der Waals surface area (Å²) >= 11 is 0. The number of carbonyl (C=O) groups is 1. The number of aromatic nitrogens is 3. The summed E-state index contributed by atoms with van der Waals surface area (Å²) in [7, 11) is 0. The zero-order valence-corrected chi connectivity index (χ0v) is 11.0. The third kappa shape index (κ3) is 3.15. The molecule has 0 spiro atoms. The number of likely N-dealkylation sites (N-methyl/N-ethyl adjacent to an activating group) is 1. The van der Waals surface area contributed by atoms with E-state index in [-0.39, 0.29) is 12.5 Å². The standard InChI is InChI=1S/C13H16N4O2/c1-3-17(9-12(18)19-4-2)11-6-5-10-13(16-11)15-8-7-14-10/h5-8H,3-4,9H2,1-2H3. The number of fused-ring (bicyclic) bond motifs is 1. The fourth-order valence-electron chi connectivity index (χ4n) is 1.74. The molecule has 0 saturated heterocycles. The van der Waals surface area contributed by atoms with Crippen molar-refractivity contribution in [1.82, 2.24) is 15.0 Å². The number of rotatable bonds is 5. The molecule has 0 bridgehead atoms. The van der Waals surface area contributed by atoms with Gasteiger partial charge in [-0.1, -0.05) is 0 Å². The topological polar surface area (TPSA) is 68.2 Å². The maximum atomic E-state index is 11.5. The number of carbonyl (C=O) groups excluding carboxylic acids is 1. The number of hydrogen-bond acceptors (Lipinski definition) is 6. The lowest BCUT2D eigenvalue weighted by atomic mass is 10.3. The molecule has 0 aliphatic heterocycles. The summed E-state index contributed by atoms with van der Waals surface area (Å²) < 4.78 is 4.95. The average molecular weight is 260 g/mol. The van der Waals surface area contributed by atoms with E-state index < -0.39 is 0 Å². The fraction of sp³-hybridized carbons (Fsp3) is 0.385. The number of ether oxygens (including phenoxy) is 1. The molecule has 0 atom stereocenters. The molecule has 0 aliphatic carbocycles. The highest BCUT2D eigenvalue weighted by molar-refractivity contribution is 5.77. The second-order valence-corrected chi connectivity index (χ2v) is 3.89. The van der Waals surface area contributed by atoms with Crippen molar-refractivity contribution in [2.24, 2.45) is 0 Å². The molecule has 2 aromatic rings. The molecule has 2 heterocycles. The Morgan fingerprint density at radius 3 is 2.79 bits per heavy atom. The van der Waals surface area contributed by atoms with Crippen LogP contribution in [-0.2, 0) is 9.53 Å². The van der Waals surface area contributed by atoms with E-state index in [4.69, 9.17) is 4.74 Å². The average Bonchev–Trinajstić information content (AvgIpc) is 2.44. The van der Waals surface area contributed by atoms with Crippen LogP contribution in [0.25, 0.3) is 11.2 Å². The van der Waals surface area contributed by atoms with Crippen LogP contribution in [0.15, 0.2) is 24.5 Å². The van der Waals surface area contributed by atoms with Crippen molar-refractivity contribution in [2.45, 2.75) is 13.8 Å². The van der Waals surface area contributed by atoms with Gasteiger partial charge in [-0.25, -0.2) is 9.97 Å². The SMILES string of the molecule is CCOC(=O)CN(CC)c1ccc2nccnc2n1. The molecule has 100 valence electrons. The Bertz CT molecular complexity index is 573. The fourth-order valence-corrected chi connectivity index (χ4v) is 1.74. The Morgan fingerprint density at radius 2 is 2.05 bits per heavy atom. The highest BCUT2D eigenvalue weighted by Crippen LogP contribution is 2.14. The number of pyridine rings is 1. The lowest BCUT2D eigenvalue weighted by Crippen LogP contribution is -2.31. The van der Waals surface area contributed by atoms with Gasteiger partial charge in [0.15, 0.2) is 5.65 Å². The summed E-state index contributed by atoms with van der Waals surface area (Å²) in [6.45, 7) is 4.98. The van der Waals surface area contributed by atoms with Crippen molar-refractivity contribution in [1.29, 1.82) is 0 Å². The van der Waals surface area contributed by atoms with Crippen molar-refractivity contribution in [2.75, 3.05) is 24.6 Å². The molecule has 0 amide bonds. The van der Waals surface area contributed by atoms with Gasteiger partial charge in [-0.2, -0.15) is 0 Å². The molecule has 0 fully saturated rings. The zero-order chi connectivity index (χ0) is 13.7.